The van der Waals surface area contributed by atoms with Gasteiger partial charge in [0.15, 0.2) is 0 Å². The van der Waals surface area contributed by atoms with Crippen molar-refractivity contribution in [3.8, 4) is 0 Å². The monoisotopic (exact) mass is 290 g/mol. The average molecular weight is 291 g/mol. The first-order chi connectivity index (χ1) is 9.58. The van der Waals surface area contributed by atoms with Crippen LogP contribution in [-0.2, 0) is 25.3 Å². The number of hydrogen-bond acceptors (Lipinski definition) is 1. The standard InChI is InChI=1S/C17H23ClN2/c1-5-16-15(10-18)17(6-2)20(19-16)11-14-8-12(3)7-13(4)9-14/h7-9H,5-6,10-11H2,1-4H3. The molecule has 1 aromatic heterocycles. The summed E-state index contributed by atoms with van der Waals surface area (Å²) in [5.74, 6) is 0.555. The Labute approximate surface area is 126 Å². The van der Waals surface area contributed by atoms with Crippen LogP contribution in [0.25, 0.3) is 0 Å². The lowest BCUT2D eigenvalue weighted by Gasteiger charge is -2.09. The van der Waals surface area contributed by atoms with Crippen molar-refractivity contribution in [2.24, 2.45) is 0 Å². The summed E-state index contributed by atoms with van der Waals surface area (Å²) in [5, 5.41) is 4.76. The van der Waals surface area contributed by atoms with Crippen LogP contribution in [0.1, 0.15) is 47.5 Å². The number of rotatable bonds is 5. The van der Waals surface area contributed by atoms with Gasteiger partial charge in [-0.05, 0) is 32.3 Å². The molecule has 1 aromatic carbocycles. The van der Waals surface area contributed by atoms with E-state index >= 15 is 0 Å². The zero-order chi connectivity index (χ0) is 14.7. The predicted molar refractivity (Wildman–Crippen MR) is 85.6 cm³/mol. The van der Waals surface area contributed by atoms with Crippen LogP contribution in [0.5, 0.6) is 0 Å². The fourth-order valence-electron chi connectivity index (χ4n) is 2.89. The number of alkyl halides is 1. The number of halogens is 1. The van der Waals surface area contributed by atoms with Gasteiger partial charge in [-0.1, -0.05) is 43.2 Å². The van der Waals surface area contributed by atoms with Crippen LogP contribution in [-0.4, -0.2) is 9.78 Å². The summed E-state index contributed by atoms with van der Waals surface area (Å²) < 4.78 is 2.13. The lowest BCUT2D eigenvalue weighted by Crippen LogP contribution is -2.07. The topological polar surface area (TPSA) is 17.8 Å². The average Bonchev–Trinajstić information content (AvgIpc) is 2.74. The van der Waals surface area contributed by atoms with Crippen molar-refractivity contribution in [2.45, 2.75) is 53.0 Å². The Morgan fingerprint density at radius 1 is 1.05 bits per heavy atom. The van der Waals surface area contributed by atoms with Crippen molar-refractivity contribution in [1.29, 1.82) is 0 Å². The number of aryl methyl sites for hydroxylation is 3. The maximum atomic E-state index is 6.11. The zero-order valence-electron chi connectivity index (χ0n) is 12.8. The summed E-state index contributed by atoms with van der Waals surface area (Å²) in [6.07, 6.45) is 1.91. The molecule has 0 aliphatic carbocycles. The van der Waals surface area contributed by atoms with Crippen molar-refractivity contribution in [3.63, 3.8) is 0 Å². The summed E-state index contributed by atoms with van der Waals surface area (Å²) in [7, 11) is 0. The highest BCUT2D eigenvalue weighted by molar-refractivity contribution is 6.17. The molecule has 3 heteroatoms. The first kappa shape index (κ1) is 15.1. The fourth-order valence-corrected chi connectivity index (χ4v) is 3.20. The maximum Gasteiger partial charge on any atom is 0.0669 e. The minimum absolute atomic E-state index is 0.555. The van der Waals surface area contributed by atoms with Crippen LogP contribution in [0.15, 0.2) is 18.2 Å². The van der Waals surface area contributed by atoms with E-state index in [1.807, 2.05) is 0 Å². The molecule has 0 atom stereocenters. The number of aromatic nitrogens is 2. The van der Waals surface area contributed by atoms with Gasteiger partial charge in [0.1, 0.15) is 0 Å². The highest BCUT2D eigenvalue weighted by Gasteiger charge is 2.14. The molecule has 2 rings (SSSR count). The van der Waals surface area contributed by atoms with Gasteiger partial charge in [0.2, 0.25) is 0 Å². The maximum absolute atomic E-state index is 6.11. The second-order valence-corrected chi connectivity index (χ2v) is 5.63. The molecule has 108 valence electrons. The molecule has 0 aliphatic rings. The largest absolute Gasteiger partial charge is 0.265 e. The molecule has 2 aromatic rings. The Bertz CT molecular complexity index is 579. The third-order valence-corrected chi connectivity index (χ3v) is 3.93. The molecule has 2 nitrogen and oxygen atoms in total. The van der Waals surface area contributed by atoms with Crippen molar-refractivity contribution < 1.29 is 0 Å². The van der Waals surface area contributed by atoms with Gasteiger partial charge in [-0.2, -0.15) is 5.10 Å². The summed E-state index contributed by atoms with van der Waals surface area (Å²) in [5.41, 5.74) is 7.55. The van der Waals surface area contributed by atoms with E-state index in [1.165, 1.54) is 27.9 Å². The Balaban J connectivity index is 2.40. The van der Waals surface area contributed by atoms with E-state index in [-0.39, 0.29) is 0 Å². The summed E-state index contributed by atoms with van der Waals surface area (Å²) in [6, 6.07) is 6.68. The molecule has 0 unspecified atom stereocenters. The molecule has 20 heavy (non-hydrogen) atoms. The zero-order valence-corrected chi connectivity index (χ0v) is 13.6. The molecular formula is C17H23ClN2. The highest BCUT2D eigenvalue weighted by atomic mass is 35.5. The smallest absolute Gasteiger partial charge is 0.0669 e. The van der Waals surface area contributed by atoms with Gasteiger partial charge in [0.25, 0.3) is 0 Å². The Morgan fingerprint density at radius 3 is 2.20 bits per heavy atom. The molecule has 0 amide bonds. The van der Waals surface area contributed by atoms with E-state index in [4.69, 9.17) is 16.7 Å². The molecular weight excluding hydrogens is 268 g/mol. The lowest BCUT2D eigenvalue weighted by atomic mass is 10.1. The van der Waals surface area contributed by atoms with Gasteiger partial charge in [0, 0.05) is 11.3 Å². The van der Waals surface area contributed by atoms with E-state index < -0.39 is 0 Å². The number of hydrogen-bond donors (Lipinski definition) is 0. The Kier molecular flexibility index (Phi) is 4.87. The fraction of sp³-hybridized carbons (Fsp3) is 0.471. The summed E-state index contributed by atoms with van der Waals surface area (Å²) in [4.78, 5) is 0. The predicted octanol–water partition coefficient (Wildman–Crippen LogP) is 4.41. The first-order valence-corrected chi connectivity index (χ1v) is 7.83. The van der Waals surface area contributed by atoms with Crippen molar-refractivity contribution in [2.75, 3.05) is 0 Å². The van der Waals surface area contributed by atoms with E-state index in [1.54, 1.807) is 0 Å². The normalized spacial score (nSPS) is 11.1. The molecule has 0 fully saturated rings. The van der Waals surface area contributed by atoms with Crippen molar-refractivity contribution in [3.05, 3.63) is 51.8 Å². The van der Waals surface area contributed by atoms with Crippen LogP contribution in [0, 0.1) is 13.8 Å². The van der Waals surface area contributed by atoms with Crippen LogP contribution < -0.4 is 0 Å². The molecule has 0 bridgehead atoms. The van der Waals surface area contributed by atoms with Gasteiger partial charge in [-0.15, -0.1) is 11.6 Å². The summed E-state index contributed by atoms with van der Waals surface area (Å²) in [6.45, 7) is 9.42. The van der Waals surface area contributed by atoms with Gasteiger partial charge in [-0.3, -0.25) is 4.68 Å². The van der Waals surface area contributed by atoms with Crippen LogP contribution in [0.4, 0.5) is 0 Å². The van der Waals surface area contributed by atoms with E-state index in [0.29, 0.717) is 5.88 Å². The van der Waals surface area contributed by atoms with Gasteiger partial charge in [-0.25, -0.2) is 0 Å². The van der Waals surface area contributed by atoms with Crippen molar-refractivity contribution >= 4 is 11.6 Å². The SMILES string of the molecule is CCc1nn(Cc2cc(C)cc(C)c2)c(CC)c1CCl. The second kappa shape index (κ2) is 6.45. The molecule has 0 aliphatic heterocycles. The minimum Gasteiger partial charge on any atom is -0.265 e. The quantitative estimate of drug-likeness (QED) is 0.746. The van der Waals surface area contributed by atoms with Gasteiger partial charge in [0.05, 0.1) is 18.1 Å². The van der Waals surface area contributed by atoms with E-state index in [2.05, 4.69) is 50.6 Å². The first-order valence-electron chi connectivity index (χ1n) is 7.29. The van der Waals surface area contributed by atoms with Gasteiger partial charge < -0.3 is 0 Å². The van der Waals surface area contributed by atoms with E-state index in [9.17, 15) is 0 Å². The third-order valence-electron chi connectivity index (χ3n) is 3.67. The van der Waals surface area contributed by atoms with Crippen LogP contribution in [0.2, 0.25) is 0 Å². The van der Waals surface area contributed by atoms with E-state index in [0.717, 1.165) is 25.1 Å². The molecule has 0 spiro atoms. The highest BCUT2D eigenvalue weighted by Crippen LogP contribution is 2.20. The number of benzene rings is 1. The molecule has 0 saturated heterocycles. The second-order valence-electron chi connectivity index (χ2n) is 5.37. The third kappa shape index (κ3) is 3.06. The number of nitrogens with zero attached hydrogens (tertiary/aromatic N) is 2. The minimum atomic E-state index is 0.555. The Morgan fingerprint density at radius 2 is 1.70 bits per heavy atom. The Hall–Kier alpha value is -1.28. The molecule has 1 heterocycles. The lowest BCUT2D eigenvalue weighted by molar-refractivity contribution is 0.639. The van der Waals surface area contributed by atoms with Crippen LogP contribution in [0.3, 0.4) is 0 Å². The molecule has 0 N–H and O–H groups in total. The molecule has 0 radical (unpaired) electrons. The van der Waals surface area contributed by atoms with Gasteiger partial charge >= 0.3 is 0 Å². The molecule has 0 saturated carbocycles. The summed E-state index contributed by atoms with van der Waals surface area (Å²) >= 11 is 6.11. The van der Waals surface area contributed by atoms with Crippen LogP contribution >= 0.6 is 11.6 Å². The van der Waals surface area contributed by atoms with Crippen molar-refractivity contribution in [1.82, 2.24) is 9.78 Å².